The number of carboxylic acids is 1. The number of aliphatic imine (C=N–C) groups is 2. The summed E-state index contributed by atoms with van der Waals surface area (Å²) in [5.41, 5.74) is 4.63. The van der Waals surface area contributed by atoms with Crippen LogP contribution >= 0.6 is 46.2 Å². The number of piperidine rings is 1. The van der Waals surface area contributed by atoms with E-state index in [1.165, 1.54) is 17.8 Å². The highest BCUT2D eigenvalue weighted by molar-refractivity contribution is 8.14. The van der Waals surface area contributed by atoms with Crippen molar-refractivity contribution in [3.8, 4) is 0 Å². The molecule has 0 aliphatic carbocycles. The summed E-state index contributed by atoms with van der Waals surface area (Å²) in [7, 11) is 0. The molecule has 240 valence electrons. The first-order chi connectivity index (χ1) is 20.7. The van der Waals surface area contributed by atoms with Gasteiger partial charge in [-0.1, -0.05) is 11.8 Å². The fraction of sp³-hybridized carbons (Fsp3) is 0.581. The second-order valence-corrected chi connectivity index (χ2v) is 16.9. The first-order valence-corrected chi connectivity index (χ1v) is 18.4. The molecule has 3 N–H and O–H groups in total. The number of carbonyl (C=O) groups is 3. The lowest BCUT2D eigenvalue weighted by molar-refractivity contribution is -0.153. The zero-order chi connectivity index (χ0) is 32.1. The standard InChI is InChI=1S/C16H21NO4S2.C15H21N3OS2/c1-15(2,3)21-13(18)9-12-17-16(4,7-8-22-12)11-6-5-10(23-11)14(19)20;1-15(7-10-20-14(16)17-15)12-6-5-11(21-12)13(19)18-8-3-2-4-9-18/h5-6H,7-9H2,1-4H3,(H,19,20);5-6H,2-4,7-10H2,1H3,(H2,16,17). The van der Waals surface area contributed by atoms with Crippen LogP contribution in [0.15, 0.2) is 34.3 Å². The minimum absolute atomic E-state index is 0.161. The molecule has 1 saturated heterocycles. The summed E-state index contributed by atoms with van der Waals surface area (Å²) in [6, 6.07) is 7.43. The van der Waals surface area contributed by atoms with Crippen molar-refractivity contribution in [1.29, 1.82) is 0 Å². The highest BCUT2D eigenvalue weighted by Crippen LogP contribution is 2.40. The third kappa shape index (κ3) is 9.11. The molecular formula is C31H42N4O5S4. The Labute approximate surface area is 276 Å². The van der Waals surface area contributed by atoms with E-state index in [-0.39, 0.29) is 23.8 Å². The molecule has 0 bridgehead atoms. The van der Waals surface area contributed by atoms with Gasteiger partial charge in [-0.25, -0.2) is 4.79 Å². The van der Waals surface area contributed by atoms with Crippen LogP contribution in [-0.4, -0.2) is 68.3 Å². The molecule has 0 aromatic carbocycles. The van der Waals surface area contributed by atoms with Crippen molar-refractivity contribution in [3.63, 3.8) is 0 Å². The number of ether oxygens (including phenoxy) is 1. The summed E-state index contributed by atoms with van der Waals surface area (Å²) in [4.78, 5) is 50.1. The molecule has 1 fully saturated rings. The number of rotatable bonds is 6. The highest BCUT2D eigenvalue weighted by Gasteiger charge is 2.34. The monoisotopic (exact) mass is 678 g/mol. The molecule has 44 heavy (non-hydrogen) atoms. The largest absolute Gasteiger partial charge is 0.477 e. The van der Waals surface area contributed by atoms with Crippen LogP contribution in [0, 0.1) is 0 Å². The number of carboxylic acid groups (broad SMARTS) is 1. The second kappa shape index (κ2) is 14.4. The maximum absolute atomic E-state index is 12.5. The van der Waals surface area contributed by atoms with E-state index in [0.29, 0.717) is 10.0 Å². The average Bonchev–Trinajstić information content (AvgIpc) is 3.64. The van der Waals surface area contributed by atoms with Crippen LogP contribution in [0.5, 0.6) is 0 Å². The molecule has 13 heteroatoms. The van der Waals surface area contributed by atoms with Crippen molar-refractivity contribution in [2.45, 2.75) is 89.8 Å². The number of esters is 1. The topological polar surface area (TPSA) is 135 Å². The second-order valence-electron chi connectivity index (χ2n) is 12.4. The van der Waals surface area contributed by atoms with Crippen LogP contribution in [-0.2, 0) is 20.6 Å². The van der Waals surface area contributed by atoms with Gasteiger partial charge in [0.15, 0.2) is 5.17 Å². The average molecular weight is 679 g/mol. The van der Waals surface area contributed by atoms with E-state index in [0.717, 1.165) is 70.0 Å². The summed E-state index contributed by atoms with van der Waals surface area (Å²) in [5.74, 6) is 0.799. The van der Waals surface area contributed by atoms with E-state index in [2.05, 4.69) is 18.0 Å². The lowest BCUT2D eigenvalue weighted by Gasteiger charge is -2.29. The third-order valence-electron chi connectivity index (χ3n) is 7.48. The number of amidine groups is 1. The zero-order valence-corrected chi connectivity index (χ0v) is 29.3. The number of likely N-dealkylation sites (tertiary alicyclic amines) is 1. The quantitative estimate of drug-likeness (QED) is 0.313. The normalized spacial score (nSPS) is 24.0. The van der Waals surface area contributed by atoms with Gasteiger partial charge in [-0.15, -0.1) is 34.4 Å². The number of hydrogen-bond acceptors (Lipinski definition) is 11. The molecule has 0 spiro atoms. The van der Waals surface area contributed by atoms with Crippen molar-refractivity contribution >= 4 is 74.3 Å². The van der Waals surface area contributed by atoms with Gasteiger partial charge in [0.1, 0.15) is 10.5 Å². The fourth-order valence-electron chi connectivity index (χ4n) is 5.10. The molecule has 3 aliphatic heterocycles. The molecule has 3 aliphatic rings. The molecule has 5 rings (SSSR count). The molecule has 2 aromatic heterocycles. The Morgan fingerprint density at radius 2 is 1.48 bits per heavy atom. The maximum Gasteiger partial charge on any atom is 0.345 e. The summed E-state index contributed by atoms with van der Waals surface area (Å²) >= 11 is 6.00. The third-order valence-corrected chi connectivity index (χ3v) is 11.9. The number of carbonyl (C=O) groups excluding carboxylic acids is 2. The summed E-state index contributed by atoms with van der Waals surface area (Å²) in [6.07, 6.45) is 5.43. The van der Waals surface area contributed by atoms with Gasteiger partial charge < -0.3 is 20.5 Å². The zero-order valence-electron chi connectivity index (χ0n) is 26.0. The Kier molecular flexibility index (Phi) is 11.3. The first kappa shape index (κ1) is 34.5. The van der Waals surface area contributed by atoms with E-state index >= 15 is 0 Å². The van der Waals surface area contributed by atoms with E-state index in [4.69, 9.17) is 20.6 Å². The molecule has 2 unspecified atom stereocenters. The van der Waals surface area contributed by atoms with Crippen LogP contribution in [0.3, 0.4) is 0 Å². The molecule has 9 nitrogen and oxygen atoms in total. The molecule has 5 heterocycles. The van der Waals surface area contributed by atoms with E-state index in [1.807, 2.05) is 44.7 Å². The number of amides is 1. The smallest absolute Gasteiger partial charge is 0.345 e. The van der Waals surface area contributed by atoms with Crippen molar-refractivity contribution in [2.24, 2.45) is 15.7 Å². The summed E-state index contributed by atoms with van der Waals surface area (Å²) in [5, 5.41) is 10.5. The predicted octanol–water partition coefficient (Wildman–Crippen LogP) is 6.97. The van der Waals surface area contributed by atoms with Gasteiger partial charge >= 0.3 is 11.9 Å². The van der Waals surface area contributed by atoms with Gasteiger partial charge in [0.25, 0.3) is 5.91 Å². The van der Waals surface area contributed by atoms with E-state index in [1.54, 1.807) is 40.9 Å². The highest BCUT2D eigenvalue weighted by atomic mass is 32.2. The maximum atomic E-state index is 12.5. The van der Waals surface area contributed by atoms with Gasteiger partial charge in [0.05, 0.1) is 27.4 Å². The lowest BCUT2D eigenvalue weighted by atomic mass is 9.97. The van der Waals surface area contributed by atoms with Gasteiger partial charge in [-0.2, -0.15) is 0 Å². The summed E-state index contributed by atoms with van der Waals surface area (Å²) < 4.78 is 5.34. The van der Waals surface area contributed by atoms with Gasteiger partial charge in [-0.3, -0.25) is 19.6 Å². The number of thioether (sulfide) groups is 2. The van der Waals surface area contributed by atoms with E-state index < -0.39 is 17.1 Å². The fourth-order valence-corrected chi connectivity index (χ4v) is 9.36. The molecular weight excluding hydrogens is 637 g/mol. The Morgan fingerprint density at radius 1 is 0.909 bits per heavy atom. The number of nitrogens with two attached hydrogens (primary N) is 1. The summed E-state index contributed by atoms with van der Waals surface area (Å²) in [6.45, 7) is 11.4. The Bertz CT molecular complexity index is 1420. The Balaban J connectivity index is 0.000000201. The van der Waals surface area contributed by atoms with Crippen LogP contribution in [0.1, 0.15) is 102 Å². The molecule has 0 saturated carbocycles. The minimum Gasteiger partial charge on any atom is -0.477 e. The van der Waals surface area contributed by atoms with Crippen molar-refractivity contribution in [1.82, 2.24) is 4.90 Å². The number of thiophene rings is 2. The minimum atomic E-state index is -0.923. The number of aromatic carboxylic acids is 1. The SMILES string of the molecule is CC(C)(C)OC(=O)CC1=NC(C)(c2ccc(C(=O)O)s2)CCS1.CC1(c2ccc(C(=O)N3CCCCC3)s2)CCSC(N)=N1. The van der Waals surface area contributed by atoms with Gasteiger partial charge in [-0.05, 0) is 91.0 Å². The van der Waals surface area contributed by atoms with Gasteiger partial charge in [0.2, 0.25) is 0 Å². The van der Waals surface area contributed by atoms with Crippen molar-refractivity contribution < 1.29 is 24.2 Å². The molecule has 2 aromatic rings. The Morgan fingerprint density at radius 3 is 2.05 bits per heavy atom. The van der Waals surface area contributed by atoms with Crippen molar-refractivity contribution in [3.05, 3.63) is 43.8 Å². The molecule has 2 atom stereocenters. The van der Waals surface area contributed by atoms with Gasteiger partial charge in [0, 0.05) is 34.3 Å². The molecule has 1 amide bonds. The lowest BCUT2D eigenvalue weighted by Crippen LogP contribution is -2.35. The molecule has 0 radical (unpaired) electrons. The first-order valence-electron chi connectivity index (χ1n) is 14.8. The van der Waals surface area contributed by atoms with Crippen LogP contribution in [0.2, 0.25) is 0 Å². The Hall–Kier alpha value is -2.35. The number of hydrogen-bond donors (Lipinski definition) is 2. The van der Waals surface area contributed by atoms with Crippen LogP contribution in [0.25, 0.3) is 0 Å². The predicted molar refractivity (Wildman–Crippen MR) is 184 cm³/mol. The van der Waals surface area contributed by atoms with Crippen LogP contribution < -0.4 is 5.73 Å². The van der Waals surface area contributed by atoms with Crippen molar-refractivity contribution in [2.75, 3.05) is 24.6 Å². The number of nitrogens with zero attached hydrogens (tertiary/aromatic N) is 3. The van der Waals surface area contributed by atoms with Crippen LogP contribution in [0.4, 0.5) is 0 Å². The van der Waals surface area contributed by atoms with E-state index in [9.17, 15) is 14.4 Å².